The van der Waals surface area contributed by atoms with Gasteiger partial charge in [0.15, 0.2) is 0 Å². The van der Waals surface area contributed by atoms with Crippen LogP contribution in [0.25, 0.3) is 5.69 Å². The van der Waals surface area contributed by atoms with Gasteiger partial charge in [0, 0.05) is 17.1 Å². The maximum atomic E-state index is 14.1. The van der Waals surface area contributed by atoms with Crippen LogP contribution in [0, 0.1) is 11.7 Å². The fourth-order valence-electron chi connectivity index (χ4n) is 2.75. The molecular weight excluding hydrogens is 411 g/mol. The van der Waals surface area contributed by atoms with Crippen molar-refractivity contribution in [3.63, 3.8) is 0 Å². The van der Waals surface area contributed by atoms with Crippen molar-refractivity contribution in [3.05, 3.63) is 91.5 Å². The molecule has 9 heteroatoms. The summed E-state index contributed by atoms with van der Waals surface area (Å²) in [5.74, 6) is -1.14. The largest absolute Gasteiger partial charge is 0.352 e. The number of halogens is 2. The molecule has 0 aliphatic carbocycles. The molecule has 1 heterocycles. The van der Waals surface area contributed by atoms with Gasteiger partial charge >= 0.3 is 5.69 Å². The van der Waals surface area contributed by atoms with Crippen LogP contribution in [-0.4, -0.2) is 26.8 Å². The minimum atomic E-state index is -0.900. The van der Waals surface area contributed by atoms with E-state index < -0.39 is 28.7 Å². The van der Waals surface area contributed by atoms with E-state index in [2.05, 4.69) is 10.4 Å². The van der Waals surface area contributed by atoms with Crippen LogP contribution < -0.4 is 16.6 Å². The van der Waals surface area contributed by atoms with Crippen LogP contribution in [0.15, 0.2) is 58.1 Å². The fraction of sp³-hybridized carbons (Fsp3) is 0.238. The second-order valence-corrected chi connectivity index (χ2v) is 7.55. The van der Waals surface area contributed by atoms with Gasteiger partial charge in [-0.05, 0) is 30.2 Å². The average molecular weight is 431 g/mol. The maximum absolute atomic E-state index is 14.1. The summed E-state index contributed by atoms with van der Waals surface area (Å²) in [5, 5.41) is 6.96. The number of nitrogens with zero attached hydrogens (tertiary/aromatic N) is 3. The van der Waals surface area contributed by atoms with Crippen molar-refractivity contribution in [3.8, 4) is 5.69 Å². The minimum absolute atomic E-state index is 0.133. The summed E-state index contributed by atoms with van der Waals surface area (Å²) < 4.78 is 15.9. The smallest absolute Gasteiger partial charge is 0.350 e. The van der Waals surface area contributed by atoms with Crippen LogP contribution >= 0.6 is 11.6 Å². The Hall–Kier alpha value is -3.26. The summed E-state index contributed by atoms with van der Waals surface area (Å²) in [4.78, 5) is 38.5. The number of carbonyl (C=O) groups excluding carboxylic acids is 1. The molecule has 7 nitrogen and oxygen atoms in total. The molecule has 1 N–H and O–H groups in total. The summed E-state index contributed by atoms with van der Waals surface area (Å²) in [7, 11) is 0. The van der Waals surface area contributed by atoms with Gasteiger partial charge in [0.1, 0.15) is 5.82 Å². The van der Waals surface area contributed by atoms with E-state index in [0.29, 0.717) is 11.6 Å². The lowest BCUT2D eigenvalue weighted by atomic mass is 10.2. The van der Waals surface area contributed by atoms with Gasteiger partial charge in [-0.25, -0.2) is 9.18 Å². The summed E-state index contributed by atoms with van der Waals surface area (Å²) in [5.41, 5.74) is -1.78. The number of aromatic nitrogens is 3. The molecule has 0 bridgehead atoms. The molecule has 1 amide bonds. The van der Waals surface area contributed by atoms with Gasteiger partial charge in [-0.15, -0.1) is 0 Å². The molecule has 3 aromatic rings. The maximum Gasteiger partial charge on any atom is 0.352 e. The van der Waals surface area contributed by atoms with E-state index in [9.17, 15) is 18.8 Å². The number of rotatable bonds is 6. The topological polar surface area (TPSA) is 86.0 Å². The summed E-state index contributed by atoms with van der Waals surface area (Å²) in [6.07, 6.45) is 0. The number of hydrogen-bond acceptors (Lipinski definition) is 4. The molecule has 0 saturated heterocycles. The van der Waals surface area contributed by atoms with E-state index in [1.807, 2.05) is 13.8 Å². The Labute approximate surface area is 176 Å². The SMILES string of the molecule is CC(C)CNC(=O)c1nn(-c2cccc(Cl)c2)c(=O)n(Cc2ccccc2F)c1=O. The van der Waals surface area contributed by atoms with Gasteiger partial charge < -0.3 is 5.32 Å². The van der Waals surface area contributed by atoms with Crippen molar-refractivity contribution in [1.29, 1.82) is 0 Å². The molecular formula is C21H20ClFN4O3. The Balaban J connectivity index is 2.19. The standard InChI is InChI=1S/C21H20ClFN4O3/c1-13(2)11-24-19(28)18-20(29)26(12-14-6-3-4-9-17(14)23)21(30)27(25-18)16-8-5-7-15(22)10-16/h3-10,13H,11-12H2,1-2H3,(H,24,28). The molecule has 0 unspecified atom stereocenters. The van der Waals surface area contributed by atoms with Crippen molar-refractivity contribution in [2.45, 2.75) is 20.4 Å². The lowest BCUT2D eigenvalue weighted by molar-refractivity contribution is 0.0939. The Morgan fingerprint density at radius 3 is 2.57 bits per heavy atom. The molecule has 0 fully saturated rings. The second kappa shape index (κ2) is 9.04. The molecule has 0 aliphatic rings. The molecule has 0 aliphatic heterocycles. The first-order chi connectivity index (χ1) is 14.3. The highest BCUT2D eigenvalue weighted by molar-refractivity contribution is 6.30. The fourth-order valence-corrected chi connectivity index (χ4v) is 2.93. The van der Waals surface area contributed by atoms with Crippen molar-refractivity contribution >= 4 is 17.5 Å². The van der Waals surface area contributed by atoms with Crippen LogP contribution in [0.1, 0.15) is 29.9 Å². The molecule has 30 heavy (non-hydrogen) atoms. The lowest BCUT2D eigenvalue weighted by Gasteiger charge is -2.13. The van der Waals surface area contributed by atoms with Gasteiger partial charge in [-0.3, -0.25) is 14.2 Å². The van der Waals surface area contributed by atoms with Crippen LogP contribution in [0.3, 0.4) is 0 Å². The number of hydrogen-bond donors (Lipinski definition) is 1. The normalized spacial score (nSPS) is 11.0. The van der Waals surface area contributed by atoms with Gasteiger partial charge in [-0.2, -0.15) is 9.78 Å². The van der Waals surface area contributed by atoms with Crippen molar-refractivity contribution < 1.29 is 9.18 Å². The third-order valence-corrected chi connectivity index (χ3v) is 4.52. The zero-order valence-corrected chi connectivity index (χ0v) is 17.2. The summed E-state index contributed by atoms with van der Waals surface area (Å²) in [6, 6.07) is 12.0. The Morgan fingerprint density at radius 2 is 1.90 bits per heavy atom. The number of benzene rings is 2. The lowest BCUT2D eigenvalue weighted by Crippen LogP contribution is -2.46. The zero-order valence-electron chi connectivity index (χ0n) is 16.4. The monoisotopic (exact) mass is 430 g/mol. The Kier molecular flexibility index (Phi) is 6.47. The summed E-state index contributed by atoms with van der Waals surface area (Å²) in [6.45, 7) is 3.77. The first-order valence-electron chi connectivity index (χ1n) is 9.29. The van der Waals surface area contributed by atoms with E-state index in [1.165, 1.54) is 24.3 Å². The summed E-state index contributed by atoms with van der Waals surface area (Å²) >= 11 is 6.02. The van der Waals surface area contributed by atoms with Crippen LogP contribution in [-0.2, 0) is 6.54 Å². The second-order valence-electron chi connectivity index (χ2n) is 7.11. The van der Waals surface area contributed by atoms with Crippen molar-refractivity contribution in [2.75, 3.05) is 6.54 Å². The van der Waals surface area contributed by atoms with E-state index in [4.69, 9.17) is 11.6 Å². The molecule has 0 atom stereocenters. The number of amides is 1. The highest BCUT2D eigenvalue weighted by Crippen LogP contribution is 2.13. The first kappa shape index (κ1) is 21.4. The van der Waals surface area contributed by atoms with Gasteiger partial charge in [0.2, 0.25) is 5.69 Å². The van der Waals surface area contributed by atoms with Crippen LogP contribution in [0.5, 0.6) is 0 Å². The molecule has 0 spiro atoms. The van der Waals surface area contributed by atoms with Gasteiger partial charge in [-0.1, -0.05) is 49.7 Å². The van der Waals surface area contributed by atoms with E-state index in [0.717, 1.165) is 9.25 Å². The Morgan fingerprint density at radius 1 is 1.17 bits per heavy atom. The first-order valence-corrected chi connectivity index (χ1v) is 9.67. The predicted octanol–water partition coefficient (Wildman–Crippen LogP) is 2.62. The van der Waals surface area contributed by atoms with Crippen molar-refractivity contribution in [2.24, 2.45) is 5.92 Å². The molecule has 3 rings (SSSR count). The third-order valence-electron chi connectivity index (χ3n) is 4.28. The minimum Gasteiger partial charge on any atom is -0.350 e. The van der Waals surface area contributed by atoms with Crippen LogP contribution in [0.2, 0.25) is 5.02 Å². The predicted molar refractivity (Wildman–Crippen MR) is 112 cm³/mol. The van der Waals surface area contributed by atoms with Gasteiger partial charge in [0.25, 0.3) is 11.5 Å². The Bertz CT molecular complexity index is 1200. The molecule has 0 radical (unpaired) electrons. The molecule has 0 saturated carbocycles. The van der Waals surface area contributed by atoms with Crippen molar-refractivity contribution in [1.82, 2.24) is 19.7 Å². The molecule has 2 aromatic carbocycles. The number of carbonyl (C=O) groups is 1. The highest BCUT2D eigenvalue weighted by Gasteiger charge is 2.21. The molecule has 156 valence electrons. The van der Waals surface area contributed by atoms with E-state index in [1.54, 1.807) is 24.3 Å². The zero-order chi connectivity index (χ0) is 21.8. The third kappa shape index (κ3) is 4.65. The average Bonchev–Trinajstić information content (AvgIpc) is 2.70. The van der Waals surface area contributed by atoms with Gasteiger partial charge in [0.05, 0.1) is 12.2 Å². The molecule has 1 aromatic heterocycles. The quantitative estimate of drug-likeness (QED) is 0.651. The van der Waals surface area contributed by atoms with Crippen LogP contribution in [0.4, 0.5) is 4.39 Å². The van der Waals surface area contributed by atoms with E-state index in [-0.39, 0.29) is 23.7 Å². The highest BCUT2D eigenvalue weighted by atomic mass is 35.5. The van der Waals surface area contributed by atoms with E-state index >= 15 is 0 Å². The number of nitrogens with one attached hydrogen (secondary N) is 1.